The Morgan fingerprint density at radius 1 is 0.552 bits per heavy atom. The summed E-state index contributed by atoms with van der Waals surface area (Å²) in [6, 6.07) is -0.913. The molecule has 0 aromatic carbocycles. The van der Waals surface area contributed by atoms with Crippen LogP contribution in [0.3, 0.4) is 0 Å². The molecule has 0 radical (unpaired) electrons. The van der Waals surface area contributed by atoms with Crippen molar-refractivity contribution in [2.75, 3.05) is 19.8 Å². The Hall–Kier alpha value is -2.57. The lowest BCUT2D eigenvalue weighted by Crippen LogP contribution is -2.65. The van der Waals surface area contributed by atoms with Gasteiger partial charge in [0, 0.05) is 6.42 Å². The molecule has 0 spiro atoms. The molecule has 1 amide bonds. The van der Waals surface area contributed by atoms with Gasteiger partial charge in [0.2, 0.25) is 5.91 Å². The highest BCUT2D eigenvalue weighted by Gasteiger charge is 2.51. The Morgan fingerprint density at radius 3 is 1.57 bits per heavy atom. The number of aliphatic hydroxyl groups is 8. The molecule has 67 heavy (non-hydrogen) atoms. The van der Waals surface area contributed by atoms with Crippen LogP contribution in [0.25, 0.3) is 0 Å². The van der Waals surface area contributed by atoms with Gasteiger partial charge in [0.15, 0.2) is 12.6 Å². The quantitative estimate of drug-likeness (QED) is 0.0229. The highest BCUT2D eigenvalue weighted by Crippen LogP contribution is 2.30. The lowest BCUT2D eigenvalue weighted by molar-refractivity contribution is -0.359. The monoisotopic (exact) mass is 950 g/mol. The maximum Gasteiger partial charge on any atom is 0.220 e. The van der Waals surface area contributed by atoms with E-state index >= 15 is 0 Å². The molecule has 0 bridgehead atoms. The highest BCUT2D eigenvalue weighted by atomic mass is 16.7. The molecule has 14 heteroatoms. The fraction of sp³-hybridized carbons (Fsp3) is 0.755. The van der Waals surface area contributed by atoms with Gasteiger partial charge < -0.3 is 65.1 Å². The van der Waals surface area contributed by atoms with Crippen LogP contribution in [0.1, 0.15) is 162 Å². The van der Waals surface area contributed by atoms with Gasteiger partial charge in [-0.25, -0.2) is 0 Å². The van der Waals surface area contributed by atoms with E-state index in [9.17, 15) is 45.6 Å². The molecular formula is C53H91NO13. The number of rotatable bonds is 38. The Labute approximate surface area is 402 Å². The Kier molecular flexibility index (Phi) is 35.4. The molecule has 0 aromatic heterocycles. The molecule has 2 fully saturated rings. The number of allylic oxidation sites excluding steroid dienone is 11. The number of amides is 1. The molecule has 0 aromatic rings. The first-order chi connectivity index (χ1) is 32.6. The number of aliphatic hydroxyl groups excluding tert-OH is 8. The first kappa shape index (κ1) is 60.6. The van der Waals surface area contributed by atoms with E-state index in [-0.39, 0.29) is 18.9 Å². The van der Waals surface area contributed by atoms with E-state index in [2.05, 4.69) is 79.9 Å². The van der Waals surface area contributed by atoms with Gasteiger partial charge in [-0.1, -0.05) is 170 Å². The molecule has 2 heterocycles. The van der Waals surface area contributed by atoms with Gasteiger partial charge in [0.25, 0.3) is 0 Å². The van der Waals surface area contributed by atoms with Crippen LogP contribution in [0.2, 0.25) is 0 Å². The summed E-state index contributed by atoms with van der Waals surface area (Å²) in [4.78, 5) is 13.0. The second kappa shape index (κ2) is 39.2. The lowest BCUT2D eigenvalue weighted by Gasteiger charge is -2.46. The predicted octanol–water partition coefficient (Wildman–Crippen LogP) is 6.82. The van der Waals surface area contributed by atoms with Crippen LogP contribution in [0.4, 0.5) is 0 Å². The van der Waals surface area contributed by atoms with Crippen molar-refractivity contribution in [1.29, 1.82) is 0 Å². The average molecular weight is 950 g/mol. The molecule has 9 N–H and O–H groups in total. The van der Waals surface area contributed by atoms with E-state index in [1.54, 1.807) is 6.08 Å². The Morgan fingerprint density at radius 2 is 1.03 bits per heavy atom. The van der Waals surface area contributed by atoms with Crippen molar-refractivity contribution in [3.05, 3.63) is 72.9 Å². The fourth-order valence-electron chi connectivity index (χ4n) is 7.95. The van der Waals surface area contributed by atoms with Crippen LogP contribution >= 0.6 is 0 Å². The molecular weight excluding hydrogens is 859 g/mol. The SMILES string of the molecule is CC/C=C\C/C=C\C/C=C\C/C=C\C/C=C\CCCCCCCCCCCCCCCC(=O)NC(COC1OC(CO)C(OC2OC(CO)C(O)C(O)C2O)C(O)C1O)C(O)/C=C/CCCC. The number of carbonyl (C=O) groups excluding carboxylic acids is 1. The summed E-state index contributed by atoms with van der Waals surface area (Å²) in [6.07, 6.45) is 33.3. The molecule has 14 nitrogen and oxygen atoms in total. The second-order valence-corrected chi connectivity index (χ2v) is 17.9. The molecule has 12 atom stereocenters. The first-order valence-electron chi connectivity index (χ1n) is 25.7. The van der Waals surface area contributed by atoms with E-state index < -0.39 is 86.8 Å². The van der Waals surface area contributed by atoms with Gasteiger partial charge >= 0.3 is 0 Å². The van der Waals surface area contributed by atoms with Crippen LogP contribution in [-0.4, -0.2) is 140 Å². The van der Waals surface area contributed by atoms with Crippen LogP contribution in [0.15, 0.2) is 72.9 Å². The summed E-state index contributed by atoms with van der Waals surface area (Å²) in [7, 11) is 0. The Balaban J connectivity index is 1.60. The summed E-state index contributed by atoms with van der Waals surface area (Å²) >= 11 is 0. The minimum atomic E-state index is -1.79. The molecule has 2 rings (SSSR count). The second-order valence-electron chi connectivity index (χ2n) is 17.9. The lowest BCUT2D eigenvalue weighted by atomic mass is 9.97. The zero-order valence-electron chi connectivity index (χ0n) is 40.9. The van der Waals surface area contributed by atoms with E-state index in [0.29, 0.717) is 6.42 Å². The largest absolute Gasteiger partial charge is 0.394 e. The van der Waals surface area contributed by atoms with Crippen LogP contribution in [0.5, 0.6) is 0 Å². The van der Waals surface area contributed by atoms with Gasteiger partial charge in [-0.3, -0.25) is 4.79 Å². The minimum absolute atomic E-state index is 0.254. The standard InChI is InChI=1S/C53H91NO13/c1-3-5-7-9-10-11-12-13-14-15-16-17-18-19-20-21-22-23-24-25-26-27-28-29-30-31-32-33-35-37-45(58)54-41(42(57)36-34-8-6-4-2)40-64-52-50(63)48(61)51(44(39-56)66-52)67-53-49(62)47(60)46(59)43(38-55)65-53/h5,7,10-11,13-14,16-17,19-20,34,36,41-44,46-53,55-57,59-63H,3-4,6,8-9,12,15,18,21-33,35,37-40H2,1-2H3,(H,54,58)/b7-5-,11-10-,14-13-,17-16-,20-19-,36-34+. The summed E-state index contributed by atoms with van der Waals surface area (Å²) in [5, 5.41) is 86.0. The van der Waals surface area contributed by atoms with Crippen molar-refractivity contribution in [3.8, 4) is 0 Å². The zero-order chi connectivity index (χ0) is 48.9. The third-order valence-corrected chi connectivity index (χ3v) is 12.1. The highest BCUT2D eigenvalue weighted by molar-refractivity contribution is 5.76. The van der Waals surface area contributed by atoms with Crippen molar-refractivity contribution >= 4 is 5.91 Å². The Bertz CT molecular complexity index is 1400. The third kappa shape index (κ3) is 26.3. The van der Waals surface area contributed by atoms with Gasteiger partial charge in [0.05, 0.1) is 32.0 Å². The van der Waals surface area contributed by atoms with E-state index in [0.717, 1.165) is 77.0 Å². The first-order valence-corrected chi connectivity index (χ1v) is 25.7. The number of carbonyl (C=O) groups is 1. The maximum atomic E-state index is 13.0. The van der Waals surface area contributed by atoms with Crippen LogP contribution < -0.4 is 5.32 Å². The van der Waals surface area contributed by atoms with E-state index in [4.69, 9.17) is 18.9 Å². The topological polar surface area (TPSA) is 228 Å². The smallest absolute Gasteiger partial charge is 0.220 e. The molecule has 12 unspecified atom stereocenters. The molecule has 2 saturated heterocycles. The molecule has 386 valence electrons. The predicted molar refractivity (Wildman–Crippen MR) is 263 cm³/mol. The average Bonchev–Trinajstić information content (AvgIpc) is 3.33. The van der Waals surface area contributed by atoms with Crippen LogP contribution in [0, 0.1) is 0 Å². The van der Waals surface area contributed by atoms with Crippen molar-refractivity contribution in [1.82, 2.24) is 5.32 Å². The third-order valence-electron chi connectivity index (χ3n) is 12.1. The van der Waals surface area contributed by atoms with Crippen molar-refractivity contribution < 1.29 is 64.6 Å². The summed E-state index contributed by atoms with van der Waals surface area (Å²) in [6.45, 7) is 2.49. The summed E-state index contributed by atoms with van der Waals surface area (Å²) in [5.41, 5.74) is 0. The summed E-state index contributed by atoms with van der Waals surface area (Å²) < 4.78 is 22.5. The minimum Gasteiger partial charge on any atom is -0.394 e. The molecule has 0 saturated carbocycles. The van der Waals surface area contributed by atoms with Gasteiger partial charge in [0.1, 0.15) is 48.8 Å². The van der Waals surface area contributed by atoms with Crippen LogP contribution in [-0.2, 0) is 23.7 Å². The number of hydrogen-bond acceptors (Lipinski definition) is 13. The number of hydrogen-bond donors (Lipinski definition) is 9. The fourth-order valence-corrected chi connectivity index (χ4v) is 7.95. The number of nitrogens with one attached hydrogen (secondary N) is 1. The van der Waals surface area contributed by atoms with E-state index in [1.807, 2.05) is 6.08 Å². The van der Waals surface area contributed by atoms with Gasteiger partial charge in [-0.2, -0.15) is 0 Å². The van der Waals surface area contributed by atoms with E-state index in [1.165, 1.54) is 57.8 Å². The van der Waals surface area contributed by atoms with Crippen molar-refractivity contribution in [3.63, 3.8) is 0 Å². The molecule has 2 aliphatic rings. The summed E-state index contributed by atoms with van der Waals surface area (Å²) in [5.74, 6) is -0.254. The molecule has 2 aliphatic heterocycles. The normalized spacial score (nSPS) is 27.2. The van der Waals surface area contributed by atoms with Crippen molar-refractivity contribution in [2.24, 2.45) is 0 Å². The van der Waals surface area contributed by atoms with Gasteiger partial charge in [-0.15, -0.1) is 0 Å². The number of unbranched alkanes of at least 4 members (excludes halogenated alkanes) is 15. The van der Waals surface area contributed by atoms with Crippen molar-refractivity contribution in [2.45, 2.75) is 235 Å². The zero-order valence-corrected chi connectivity index (χ0v) is 40.9. The molecule has 0 aliphatic carbocycles. The number of ether oxygens (including phenoxy) is 4. The maximum absolute atomic E-state index is 13.0. The van der Waals surface area contributed by atoms with Gasteiger partial charge in [-0.05, 0) is 57.8 Å².